The summed E-state index contributed by atoms with van der Waals surface area (Å²) in [5, 5.41) is 13.8. The van der Waals surface area contributed by atoms with E-state index in [9.17, 15) is 14.9 Å². The molecule has 0 saturated heterocycles. The summed E-state index contributed by atoms with van der Waals surface area (Å²) in [5.74, 6) is 0.569. The summed E-state index contributed by atoms with van der Waals surface area (Å²) in [5.41, 5.74) is 2.75. The van der Waals surface area contributed by atoms with Gasteiger partial charge in [-0.15, -0.1) is 0 Å². The first-order valence-electron chi connectivity index (χ1n) is 9.74. The Morgan fingerprint density at radius 1 is 1.16 bits per heavy atom. The molecule has 162 valence electrons. The molecule has 1 amide bonds. The molecule has 0 aliphatic rings. The molecular weight excluding hydrogens is 412 g/mol. The van der Waals surface area contributed by atoms with Crippen LogP contribution < -0.4 is 14.8 Å². The van der Waals surface area contributed by atoms with Gasteiger partial charge in [-0.1, -0.05) is 6.07 Å². The molecule has 4 aromatic rings. The number of carbonyl (C=O) groups is 1. The maximum Gasteiger partial charge on any atom is 0.272 e. The van der Waals surface area contributed by atoms with E-state index in [1.807, 2.05) is 35.0 Å². The summed E-state index contributed by atoms with van der Waals surface area (Å²) in [7, 11) is 1.53. The van der Waals surface area contributed by atoms with Gasteiger partial charge in [0.05, 0.1) is 17.7 Å². The van der Waals surface area contributed by atoms with Gasteiger partial charge in [0.1, 0.15) is 12.3 Å². The Labute approximate surface area is 183 Å². The monoisotopic (exact) mass is 432 g/mol. The summed E-state index contributed by atoms with van der Waals surface area (Å²) in [4.78, 5) is 27.6. The third kappa shape index (κ3) is 4.36. The molecule has 1 N–H and O–H groups in total. The number of rotatable bonds is 7. The van der Waals surface area contributed by atoms with Crippen LogP contribution in [0.5, 0.6) is 11.5 Å². The molecule has 9 nitrogen and oxygen atoms in total. The van der Waals surface area contributed by atoms with Crippen LogP contribution in [-0.2, 0) is 6.61 Å². The largest absolute Gasteiger partial charge is 0.493 e. The predicted octanol–water partition coefficient (Wildman–Crippen LogP) is 4.39. The van der Waals surface area contributed by atoms with E-state index in [-0.39, 0.29) is 18.2 Å². The number of ether oxygens (including phenoxy) is 2. The third-order valence-electron chi connectivity index (χ3n) is 4.87. The van der Waals surface area contributed by atoms with E-state index in [1.54, 1.807) is 25.1 Å². The lowest BCUT2D eigenvalue weighted by molar-refractivity contribution is -0.385. The number of hydrogen-bond donors (Lipinski definition) is 1. The van der Waals surface area contributed by atoms with Gasteiger partial charge in [0.15, 0.2) is 11.5 Å². The molecule has 32 heavy (non-hydrogen) atoms. The number of hydrogen-bond acceptors (Lipinski definition) is 6. The van der Waals surface area contributed by atoms with E-state index in [4.69, 9.17) is 9.47 Å². The first-order valence-corrected chi connectivity index (χ1v) is 9.74. The zero-order valence-electron chi connectivity index (χ0n) is 17.4. The molecule has 0 bridgehead atoms. The number of nitro benzene ring substituents is 1. The maximum absolute atomic E-state index is 12.6. The van der Waals surface area contributed by atoms with Crippen molar-refractivity contribution in [1.82, 2.24) is 9.38 Å². The Hall–Kier alpha value is -4.40. The summed E-state index contributed by atoms with van der Waals surface area (Å²) < 4.78 is 13.2. The Kier molecular flexibility index (Phi) is 5.71. The van der Waals surface area contributed by atoms with Crippen molar-refractivity contribution in [2.45, 2.75) is 13.5 Å². The molecule has 0 radical (unpaired) electrons. The van der Waals surface area contributed by atoms with E-state index >= 15 is 0 Å². The number of aromatic nitrogens is 2. The molecule has 4 rings (SSSR count). The number of amides is 1. The molecule has 0 aliphatic carbocycles. The summed E-state index contributed by atoms with van der Waals surface area (Å²) in [6, 6.07) is 15.0. The first kappa shape index (κ1) is 20.9. The van der Waals surface area contributed by atoms with Gasteiger partial charge in [-0.05, 0) is 43.3 Å². The SMILES string of the molecule is COc1ccc(NC(=O)c2ccc([N+](=O)[O-])c(C)c2)cc1OCc1cn2ccccc2n1. The second-order valence-electron chi connectivity index (χ2n) is 7.07. The zero-order valence-corrected chi connectivity index (χ0v) is 17.4. The Bertz CT molecular complexity index is 1280. The van der Waals surface area contributed by atoms with Crippen LogP contribution in [0.1, 0.15) is 21.6 Å². The molecule has 0 aliphatic heterocycles. The van der Waals surface area contributed by atoms with Crippen molar-refractivity contribution < 1.29 is 19.2 Å². The number of aryl methyl sites for hydroxylation is 1. The van der Waals surface area contributed by atoms with E-state index in [2.05, 4.69) is 10.3 Å². The number of nitro groups is 1. The fourth-order valence-electron chi connectivity index (χ4n) is 3.28. The molecule has 2 aromatic carbocycles. The van der Waals surface area contributed by atoms with Crippen molar-refractivity contribution in [2.24, 2.45) is 0 Å². The Morgan fingerprint density at radius 3 is 2.72 bits per heavy atom. The van der Waals surface area contributed by atoms with Crippen LogP contribution in [0.4, 0.5) is 11.4 Å². The molecule has 2 aromatic heterocycles. The second kappa shape index (κ2) is 8.76. The van der Waals surface area contributed by atoms with Crippen molar-refractivity contribution in [2.75, 3.05) is 12.4 Å². The molecule has 0 unspecified atom stereocenters. The average molecular weight is 432 g/mol. The van der Waals surface area contributed by atoms with Crippen LogP contribution in [0.25, 0.3) is 5.65 Å². The average Bonchev–Trinajstić information content (AvgIpc) is 3.20. The van der Waals surface area contributed by atoms with E-state index in [1.165, 1.54) is 25.3 Å². The summed E-state index contributed by atoms with van der Waals surface area (Å²) in [6.45, 7) is 1.81. The smallest absolute Gasteiger partial charge is 0.272 e. The lowest BCUT2D eigenvalue weighted by Gasteiger charge is -2.12. The van der Waals surface area contributed by atoms with Gasteiger partial charge in [0.2, 0.25) is 0 Å². The highest BCUT2D eigenvalue weighted by Crippen LogP contribution is 2.31. The predicted molar refractivity (Wildman–Crippen MR) is 118 cm³/mol. The van der Waals surface area contributed by atoms with Crippen molar-refractivity contribution >= 4 is 22.9 Å². The van der Waals surface area contributed by atoms with E-state index < -0.39 is 4.92 Å². The van der Waals surface area contributed by atoms with Gasteiger partial charge in [0, 0.05) is 41.3 Å². The number of pyridine rings is 1. The Morgan fingerprint density at radius 2 is 2.00 bits per heavy atom. The quantitative estimate of drug-likeness (QED) is 0.343. The number of fused-ring (bicyclic) bond motifs is 1. The van der Waals surface area contributed by atoms with Crippen molar-refractivity contribution in [3.63, 3.8) is 0 Å². The molecule has 9 heteroatoms. The van der Waals surface area contributed by atoms with Crippen LogP contribution in [0.3, 0.4) is 0 Å². The van der Waals surface area contributed by atoms with Crippen LogP contribution >= 0.6 is 0 Å². The van der Waals surface area contributed by atoms with Crippen LogP contribution in [-0.4, -0.2) is 27.3 Å². The fraction of sp³-hybridized carbons (Fsp3) is 0.130. The topological polar surface area (TPSA) is 108 Å². The maximum atomic E-state index is 12.6. The highest BCUT2D eigenvalue weighted by Gasteiger charge is 2.15. The molecule has 0 spiro atoms. The van der Waals surface area contributed by atoms with Crippen LogP contribution in [0, 0.1) is 17.0 Å². The van der Waals surface area contributed by atoms with Gasteiger partial charge in [-0.25, -0.2) is 4.98 Å². The fourth-order valence-corrected chi connectivity index (χ4v) is 3.28. The minimum Gasteiger partial charge on any atom is -0.493 e. The normalized spacial score (nSPS) is 10.7. The molecule has 0 fully saturated rings. The van der Waals surface area contributed by atoms with E-state index in [0.717, 1.165) is 11.3 Å². The van der Waals surface area contributed by atoms with E-state index in [0.29, 0.717) is 28.3 Å². The van der Waals surface area contributed by atoms with Crippen molar-refractivity contribution in [3.05, 3.63) is 93.9 Å². The highest BCUT2D eigenvalue weighted by molar-refractivity contribution is 6.04. The molecular formula is C23H20N4O5. The number of benzene rings is 2. The van der Waals surface area contributed by atoms with Crippen LogP contribution in [0.15, 0.2) is 67.0 Å². The standard InChI is InChI=1S/C23H20N4O5/c1-15-11-16(6-8-19(15)27(29)30)23(28)25-17-7-9-20(31-2)21(12-17)32-14-18-13-26-10-4-3-5-22(26)24-18/h3-13H,14H2,1-2H3,(H,25,28). The molecule has 2 heterocycles. The molecule has 0 atom stereocenters. The number of methoxy groups -OCH3 is 1. The minimum atomic E-state index is -0.479. The first-order chi connectivity index (χ1) is 15.4. The number of nitrogens with zero attached hydrogens (tertiary/aromatic N) is 3. The lowest BCUT2D eigenvalue weighted by atomic mass is 10.1. The minimum absolute atomic E-state index is 0.0337. The molecule has 0 saturated carbocycles. The van der Waals surface area contributed by atoms with Gasteiger partial charge in [0.25, 0.3) is 11.6 Å². The third-order valence-corrected chi connectivity index (χ3v) is 4.87. The lowest BCUT2D eigenvalue weighted by Crippen LogP contribution is -2.12. The van der Waals surface area contributed by atoms with Crippen LogP contribution in [0.2, 0.25) is 0 Å². The van der Waals surface area contributed by atoms with Gasteiger partial charge < -0.3 is 19.2 Å². The van der Waals surface area contributed by atoms with Gasteiger partial charge >= 0.3 is 0 Å². The summed E-state index contributed by atoms with van der Waals surface area (Å²) >= 11 is 0. The second-order valence-corrected chi connectivity index (χ2v) is 7.07. The van der Waals surface area contributed by atoms with Gasteiger partial charge in [-0.2, -0.15) is 0 Å². The number of nitrogens with one attached hydrogen (secondary N) is 1. The summed E-state index contributed by atoms with van der Waals surface area (Å²) in [6.07, 6.45) is 3.78. The number of carbonyl (C=O) groups excluding carboxylic acids is 1. The Balaban J connectivity index is 1.50. The number of anilines is 1. The zero-order chi connectivity index (χ0) is 22.7. The van der Waals surface area contributed by atoms with Crippen molar-refractivity contribution in [1.29, 1.82) is 0 Å². The highest BCUT2D eigenvalue weighted by atomic mass is 16.6. The van der Waals surface area contributed by atoms with Gasteiger partial charge in [-0.3, -0.25) is 14.9 Å². The van der Waals surface area contributed by atoms with Crippen molar-refractivity contribution in [3.8, 4) is 11.5 Å². The number of imidazole rings is 1.